The van der Waals surface area contributed by atoms with Crippen LogP contribution in [0.3, 0.4) is 0 Å². The smallest absolute Gasteiger partial charge is 0.226 e. The van der Waals surface area contributed by atoms with Crippen LogP contribution in [0, 0.1) is 5.92 Å². The molecular weight excluding hydrogens is 274 g/mol. The molecule has 1 aromatic heterocycles. The maximum Gasteiger partial charge on any atom is 0.226 e. The summed E-state index contributed by atoms with van der Waals surface area (Å²) in [7, 11) is 0. The standard InChI is InChI=1S/C18H21N3O/c22-18(14-6-2-1-3-7-14)20-11-10-15(12-20)21-13-19-16-8-4-5-9-17(16)21/h1-2,4-5,8-9,13-15H,3,6-7,10-12H2/t14-,15+/m1/s1. The molecule has 4 nitrogen and oxygen atoms in total. The first-order chi connectivity index (χ1) is 10.8. The molecule has 0 N–H and O–H groups in total. The van der Waals surface area contributed by atoms with Crippen LogP contribution in [-0.4, -0.2) is 33.4 Å². The lowest BCUT2D eigenvalue weighted by molar-refractivity contribution is -0.134. The predicted molar refractivity (Wildman–Crippen MR) is 86.4 cm³/mol. The highest BCUT2D eigenvalue weighted by atomic mass is 16.2. The summed E-state index contributed by atoms with van der Waals surface area (Å²) in [5.41, 5.74) is 2.20. The molecule has 0 bridgehead atoms. The van der Waals surface area contributed by atoms with Crippen molar-refractivity contribution in [3.8, 4) is 0 Å². The number of para-hydroxylation sites is 2. The lowest BCUT2D eigenvalue weighted by Crippen LogP contribution is -2.35. The van der Waals surface area contributed by atoms with Gasteiger partial charge in [0.15, 0.2) is 0 Å². The summed E-state index contributed by atoms with van der Waals surface area (Å²) in [4.78, 5) is 19.2. The van der Waals surface area contributed by atoms with Gasteiger partial charge in [0.1, 0.15) is 0 Å². The van der Waals surface area contributed by atoms with Gasteiger partial charge in [0, 0.05) is 19.0 Å². The summed E-state index contributed by atoms with van der Waals surface area (Å²) in [6, 6.07) is 8.57. The molecule has 2 aromatic rings. The van der Waals surface area contributed by atoms with Gasteiger partial charge >= 0.3 is 0 Å². The summed E-state index contributed by atoms with van der Waals surface area (Å²) in [5, 5.41) is 0. The van der Waals surface area contributed by atoms with E-state index in [1.54, 1.807) is 0 Å². The van der Waals surface area contributed by atoms with Gasteiger partial charge in [-0.15, -0.1) is 0 Å². The van der Waals surface area contributed by atoms with Gasteiger partial charge in [0.2, 0.25) is 5.91 Å². The average molecular weight is 295 g/mol. The molecule has 1 saturated heterocycles. The maximum absolute atomic E-state index is 12.6. The highest BCUT2D eigenvalue weighted by Gasteiger charge is 2.31. The molecule has 1 amide bonds. The van der Waals surface area contributed by atoms with Gasteiger partial charge in [-0.2, -0.15) is 0 Å². The molecule has 1 aliphatic carbocycles. The molecule has 4 rings (SSSR count). The number of imidazole rings is 1. The van der Waals surface area contributed by atoms with Crippen molar-refractivity contribution in [1.29, 1.82) is 0 Å². The summed E-state index contributed by atoms with van der Waals surface area (Å²) in [6.07, 6.45) is 10.2. The highest BCUT2D eigenvalue weighted by molar-refractivity contribution is 5.80. The monoisotopic (exact) mass is 295 g/mol. The lowest BCUT2D eigenvalue weighted by atomic mass is 9.93. The quantitative estimate of drug-likeness (QED) is 0.798. The Balaban J connectivity index is 1.50. The van der Waals surface area contributed by atoms with Crippen molar-refractivity contribution < 1.29 is 4.79 Å². The van der Waals surface area contributed by atoms with E-state index in [1.165, 1.54) is 5.52 Å². The predicted octanol–water partition coefficient (Wildman–Crippen LogP) is 3.17. The van der Waals surface area contributed by atoms with E-state index < -0.39 is 0 Å². The topological polar surface area (TPSA) is 38.1 Å². The first kappa shape index (κ1) is 13.6. The summed E-state index contributed by atoms with van der Waals surface area (Å²) >= 11 is 0. The number of carbonyl (C=O) groups is 1. The van der Waals surface area contributed by atoms with Crippen LogP contribution < -0.4 is 0 Å². The Labute approximate surface area is 130 Å². The minimum Gasteiger partial charge on any atom is -0.340 e. The van der Waals surface area contributed by atoms with Crippen LogP contribution in [-0.2, 0) is 4.79 Å². The number of amides is 1. The molecule has 0 radical (unpaired) electrons. The minimum absolute atomic E-state index is 0.197. The molecule has 2 atom stereocenters. The van der Waals surface area contributed by atoms with Gasteiger partial charge in [-0.25, -0.2) is 4.98 Å². The van der Waals surface area contributed by atoms with Crippen LogP contribution in [0.15, 0.2) is 42.7 Å². The molecule has 0 saturated carbocycles. The van der Waals surface area contributed by atoms with E-state index in [-0.39, 0.29) is 5.92 Å². The molecule has 114 valence electrons. The number of carbonyl (C=O) groups excluding carboxylic acids is 1. The second-order valence-electron chi connectivity index (χ2n) is 6.35. The van der Waals surface area contributed by atoms with E-state index in [4.69, 9.17) is 0 Å². The van der Waals surface area contributed by atoms with Crippen molar-refractivity contribution in [2.24, 2.45) is 5.92 Å². The Morgan fingerprint density at radius 2 is 2.09 bits per heavy atom. The number of rotatable bonds is 2. The van der Waals surface area contributed by atoms with Gasteiger partial charge in [0.25, 0.3) is 0 Å². The summed E-state index contributed by atoms with van der Waals surface area (Å²) in [5.74, 6) is 0.541. The van der Waals surface area contributed by atoms with Crippen LogP contribution >= 0.6 is 0 Å². The molecule has 4 heteroatoms. The number of allylic oxidation sites excluding steroid dienone is 2. The normalized spacial score (nSPS) is 25.0. The Hall–Kier alpha value is -2.10. The molecule has 0 unspecified atom stereocenters. The molecule has 22 heavy (non-hydrogen) atoms. The van der Waals surface area contributed by atoms with Gasteiger partial charge in [-0.3, -0.25) is 4.79 Å². The number of hydrogen-bond acceptors (Lipinski definition) is 2. The molecule has 1 aliphatic heterocycles. The van der Waals surface area contributed by atoms with E-state index in [0.29, 0.717) is 11.9 Å². The van der Waals surface area contributed by atoms with E-state index >= 15 is 0 Å². The molecule has 2 aliphatic rings. The number of nitrogens with zero attached hydrogens (tertiary/aromatic N) is 3. The maximum atomic E-state index is 12.6. The second-order valence-corrected chi connectivity index (χ2v) is 6.35. The second kappa shape index (κ2) is 5.59. The lowest BCUT2D eigenvalue weighted by Gasteiger charge is -2.24. The van der Waals surface area contributed by atoms with Crippen molar-refractivity contribution in [3.63, 3.8) is 0 Å². The largest absolute Gasteiger partial charge is 0.340 e. The zero-order valence-corrected chi connectivity index (χ0v) is 12.7. The summed E-state index contributed by atoms with van der Waals surface area (Å²) in [6.45, 7) is 1.69. The Morgan fingerprint density at radius 1 is 1.18 bits per heavy atom. The van der Waals surface area contributed by atoms with Gasteiger partial charge in [0.05, 0.1) is 23.4 Å². The van der Waals surface area contributed by atoms with E-state index in [1.807, 2.05) is 24.5 Å². The van der Waals surface area contributed by atoms with Crippen LogP contribution in [0.2, 0.25) is 0 Å². The fourth-order valence-corrected chi connectivity index (χ4v) is 3.71. The third kappa shape index (κ3) is 2.32. The van der Waals surface area contributed by atoms with Crippen LogP contribution in [0.5, 0.6) is 0 Å². The van der Waals surface area contributed by atoms with E-state index in [9.17, 15) is 4.79 Å². The number of fused-ring (bicyclic) bond motifs is 1. The number of aromatic nitrogens is 2. The SMILES string of the molecule is O=C([C@@H]1CC=CCC1)N1CC[C@H](n2cnc3ccccc32)C1. The van der Waals surface area contributed by atoms with Gasteiger partial charge in [-0.1, -0.05) is 24.3 Å². The van der Waals surface area contributed by atoms with Crippen LogP contribution in [0.1, 0.15) is 31.7 Å². The Bertz CT molecular complexity index is 718. The number of hydrogen-bond donors (Lipinski definition) is 0. The van der Waals surface area contributed by atoms with Crippen molar-refractivity contribution in [2.45, 2.75) is 31.7 Å². The zero-order valence-electron chi connectivity index (χ0n) is 12.7. The van der Waals surface area contributed by atoms with Crippen LogP contribution in [0.4, 0.5) is 0 Å². The molecular formula is C18H21N3O. The molecule has 0 spiro atoms. The van der Waals surface area contributed by atoms with Crippen molar-refractivity contribution in [2.75, 3.05) is 13.1 Å². The first-order valence-corrected chi connectivity index (χ1v) is 8.18. The van der Waals surface area contributed by atoms with E-state index in [0.717, 1.165) is 44.3 Å². The van der Waals surface area contributed by atoms with Crippen molar-refractivity contribution >= 4 is 16.9 Å². The number of benzene rings is 1. The van der Waals surface area contributed by atoms with Crippen molar-refractivity contribution in [1.82, 2.24) is 14.5 Å². The van der Waals surface area contributed by atoms with E-state index in [2.05, 4.69) is 32.7 Å². The van der Waals surface area contributed by atoms with Crippen molar-refractivity contribution in [3.05, 3.63) is 42.7 Å². The first-order valence-electron chi connectivity index (χ1n) is 8.18. The average Bonchev–Trinajstić information content (AvgIpc) is 3.21. The Morgan fingerprint density at radius 3 is 2.95 bits per heavy atom. The molecule has 1 aromatic carbocycles. The van der Waals surface area contributed by atoms with Gasteiger partial charge in [-0.05, 0) is 37.8 Å². The third-order valence-electron chi connectivity index (χ3n) is 4.97. The third-order valence-corrected chi connectivity index (χ3v) is 4.97. The minimum atomic E-state index is 0.197. The Kier molecular flexibility index (Phi) is 3.45. The highest BCUT2D eigenvalue weighted by Crippen LogP contribution is 2.29. The fourth-order valence-electron chi connectivity index (χ4n) is 3.71. The van der Waals surface area contributed by atoms with Crippen LogP contribution in [0.25, 0.3) is 11.0 Å². The van der Waals surface area contributed by atoms with Gasteiger partial charge < -0.3 is 9.47 Å². The summed E-state index contributed by atoms with van der Waals surface area (Å²) < 4.78 is 2.24. The molecule has 2 heterocycles. The fraction of sp³-hybridized carbons (Fsp3) is 0.444. The number of likely N-dealkylation sites (tertiary alicyclic amines) is 1. The zero-order chi connectivity index (χ0) is 14.9. The molecule has 1 fully saturated rings.